The van der Waals surface area contributed by atoms with Gasteiger partial charge in [0.1, 0.15) is 0 Å². The first-order chi connectivity index (χ1) is 5.29. The van der Waals surface area contributed by atoms with Crippen molar-refractivity contribution >= 4 is 15.8 Å². The van der Waals surface area contributed by atoms with Crippen LogP contribution in [0.3, 0.4) is 0 Å². The molecule has 0 atom stereocenters. The van der Waals surface area contributed by atoms with E-state index < -0.39 is 0 Å². The summed E-state index contributed by atoms with van der Waals surface area (Å²) in [6.07, 6.45) is 1.28. The van der Waals surface area contributed by atoms with Gasteiger partial charge in [-0.1, -0.05) is 0 Å². The van der Waals surface area contributed by atoms with Crippen molar-refractivity contribution in [1.29, 1.82) is 0 Å². The fourth-order valence-electron chi connectivity index (χ4n) is 1.24. The van der Waals surface area contributed by atoms with Crippen LogP contribution in [0.2, 0.25) is 0 Å². The van der Waals surface area contributed by atoms with E-state index in [1.165, 1.54) is 26.1 Å². The highest BCUT2D eigenvalue weighted by atomic mass is 27.1. The summed E-state index contributed by atoms with van der Waals surface area (Å²) in [6.45, 7) is 4.60. The first-order valence-corrected chi connectivity index (χ1v) is 5.45. The van der Waals surface area contributed by atoms with Gasteiger partial charge in [0.25, 0.3) is 0 Å². The van der Waals surface area contributed by atoms with Crippen molar-refractivity contribution in [3.63, 3.8) is 0 Å². The van der Waals surface area contributed by atoms with Gasteiger partial charge in [-0.05, 0) is 33.6 Å². The zero-order valence-electron chi connectivity index (χ0n) is 7.55. The smallest absolute Gasteiger partial charge is 0.490 e. The lowest BCUT2D eigenvalue weighted by Gasteiger charge is -2.14. The third-order valence-electron chi connectivity index (χ3n) is 1.91. The maximum Gasteiger partial charge on any atom is 0.555 e. The predicted octanol–water partition coefficient (Wildman–Crippen LogP) is -0.463. The summed E-state index contributed by atoms with van der Waals surface area (Å²) >= 11 is -0.273. The van der Waals surface area contributed by atoms with Gasteiger partial charge in [-0.15, -0.1) is 0 Å². The first kappa shape index (κ1) is 9.50. The molecule has 1 saturated heterocycles. The molecule has 1 aliphatic heterocycles. The third-order valence-corrected chi connectivity index (χ3v) is 3.37. The molecule has 0 aromatic rings. The van der Waals surface area contributed by atoms with Crippen LogP contribution >= 0.6 is 0 Å². The highest BCUT2D eigenvalue weighted by Gasteiger charge is 2.15. The second-order valence-electron chi connectivity index (χ2n) is 3.31. The van der Waals surface area contributed by atoms with E-state index in [9.17, 15) is 0 Å². The molecule has 0 spiro atoms. The summed E-state index contributed by atoms with van der Waals surface area (Å²) in [4.78, 5) is 2.23. The maximum atomic E-state index is 5.37. The minimum absolute atomic E-state index is 0.273. The van der Waals surface area contributed by atoms with E-state index in [0.29, 0.717) is 0 Å². The Morgan fingerprint density at radius 3 is 2.91 bits per heavy atom. The topological polar surface area (TPSA) is 15.7 Å². The van der Waals surface area contributed by atoms with Gasteiger partial charge in [0.15, 0.2) is 0 Å². The minimum atomic E-state index is -0.273. The number of rotatable bonds is 4. The Labute approximate surface area is 75.6 Å². The van der Waals surface area contributed by atoms with Crippen LogP contribution in [0.5, 0.6) is 0 Å². The van der Waals surface area contributed by atoms with Crippen LogP contribution < -0.4 is 0 Å². The van der Waals surface area contributed by atoms with Crippen LogP contribution in [0.25, 0.3) is 0 Å². The van der Waals surface area contributed by atoms with E-state index >= 15 is 0 Å². The largest absolute Gasteiger partial charge is 0.555 e. The molecule has 11 heavy (non-hydrogen) atoms. The molecule has 1 fully saturated rings. The summed E-state index contributed by atoms with van der Waals surface area (Å²) < 4.78 is 7.86. The van der Waals surface area contributed by atoms with E-state index in [1.54, 1.807) is 0 Å². The molecule has 0 unspecified atom stereocenters. The number of nitrogens with zero attached hydrogens (tertiary/aromatic N) is 2. The molecule has 0 aromatic heterocycles. The lowest BCUT2D eigenvalue weighted by molar-refractivity contribution is 0.364. The van der Waals surface area contributed by atoms with E-state index in [0.717, 1.165) is 6.61 Å². The van der Waals surface area contributed by atoms with Gasteiger partial charge in [0.05, 0.1) is 0 Å². The summed E-state index contributed by atoms with van der Waals surface area (Å²) in [5, 5.41) is 0. The van der Waals surface area contributed by atoms with Gasteiger partial charge < -0.3 is 12.6 Å². The minimum Gasteiger partial charge on any atom is -0.490 e. The normalized spacial score (nSPS) is 19.2. The molecule has 1 rings (SSSR count). The van der Waals surface area contributed by atoms with Gasteiger partial charge >= 0.3 is 15.8 Å². The molecular weight excluding hydrogens is 155 g/mol. The molecule has 0 aromatic carbocycles. The molecule has 0 amide bonds. The second-order valence-corrected chi connectivity index (χ2v) is 4.87. The second kappa shape index (κ2) is 5.13. The predicted molar refractivity (Wildman–Crippen MR) is 47.8 cm³/mol. The molecule has 4 heteroatoms. The number of hydrogen-bond acceptors (Lipinski definition) is 3. The lowest BCUT2D eigenvalue weighted by Crippen LogP contribution is -2.26. The molecule has 64 valence electrons. The Morgan fingerprint density at radius 2 is 2.36 bits per heavy atom. The fraction of sp³-hybridized carbons (Fsp3) is 1.00. The maximum absolute atomic E-state index is 5.37. The highest BCUT2D eigenvalue weighted by molar-refractivity contribution is 6.24. The van der Waals surface area contributed by atoms with Crippen molar-refractivity contribution < 1.29 is 3.79 Å². The fourth-order valence-corrected chi connectivity index (χ4v) is 2.37. The first-order valence-electron chi connectivity index (χ1n) is 4.24. The molecule has 3 nitrogen and oxygen atoms in total. The Kier molecular flexibility index (Phi) is 4.43. The Morgan fingerprint density at radius 1 is 1.55 bits per heavy atom. The average molecular weight is 172 g/mol. The van der Waals surface area contributed by atoms with Gasteiger partial charge in [-0.25, -0.2) is 0 Å². The van der Waals surface area contributed by atoms with Crippen molar-refractivity contribution in [2.45, 2.75) is 6.42 Å². The Bertz CT molecular complexity index is 105. The molecule has 1 aliphatic rings. The molecule has 0 radical (unpaired) electrons. The Balaban J connectivity index is 1.94. The summed E-state index contributed by atoms with van der Waals surface area (Å²) in [5.41, 5.74) is 0. The SMILES string of the molecule is CN(C)CCC[N]1CC[O][AlH]1. The highest BCUT2D eigenvalue weighted by Crippen LogP contribution is 1.97. The average Bonchev–Trinajstić information content (AvgIpc) is 2.39. The van der Waals surface area contributed by atoms with Crippen LogP contribution in [0, 0.1) is 0 Å². The molecule has 0 saturated carbocycles. The van der Waals surface area contributed by atoms with Crippen LogP contribution in [0.15, 0.2) is 0 Å². The lowest BCUT2D eigenvalue weighted by atomic mass is 10.4. The monoisotopic (exact) mass is 172 g/mol. The van der Waals surface area contributed by atoms with E-state index in [-0.39, 0.29) is 15.8 Å². The van der Waals surface area contributed by atoms with Crippen molar-refractivity contribution in [3.8, 4) is 0 Å². The van der Waals surface area contributed by atoms with Crippen molar-refractivity contribution in [2.24, 2.45) is 0 Å². The van der Waals surface area contributed by atoms with Gasteiger partial charge in [-0.2, -0.15) is 0 Å². The molecule has 0 N–H and O–H groups in total. The standard InChI is InChI=1S/C7H16N2O.Al.H/c1-9(2)6-3-4-8-5-7-10;;/h3-7H2,1-2H3;;/q-2;+2;. The summed E-state index contributed by atoms with van der Waals surface area (Å²) in [7, 11) is 4.25. The van der Waals surface area contributed by atoms with Gasteiger partial charge in [-0.3, -0.25) is 0 Å². The zero-order chi connectivity index (χ0) is 8.10. The molecule has 0 aliphatic carbocycles. The zero-order valence-corrected chi connectivity index (χ0v) is 8.96. The molecular formula is C7H17AlN2O. The van der Waals surface area contributed by atoms with Crippen molar-refractivity contribution in [1.82, 2.24) is 8.78 Å². The third kappa shape index (κ3) is 4.10. The Hall–Kier alpha value is 0.412. The van der Waals surface area contributed by atoms with E-state index in [2.05, 4.69) is 22.9 Å². The van der Waals surface area contributed by atoms with Gasteiger partial charge in [0.2, 0.25) is 0 Å². The van der Waals surface area contributed by atoms with Crippen molar-refractivity contribution in [3.05, 3.63) is 0 Å². The van der Waals surface area contributed by atoms with Crippen LogP contribution in [0.4, 0.5) is 0 Å². The number of hydrogen-bond donors (Lipinski definition) is 0. The molecule has 1 heterocycles. The van der Waals surface area contributed by atoms with Crippen molar-refractivity contribution in [2.75, 3.05) is 40.3 Å². The van der Waals surface area contributed by atoms with Crippen LogP contribution in [-0.2, 0) is 3.79 Å². The summed E-state index contributed by atoms with van der Waals surface area (Å²) in [5.74, 6) is 0. The van der Waals surface area contributed by atoms with E-state index in [4.69, 9.17) is 3.79 Å². The summed E-state index contributed by atoms with van der Waals surface area (Å²) in [6, 6.07) is 0. The van der Waals surface area contributed by atoms with Crippen LogP contribution in [0.1, 0.15) is 6.42 Å². The molecule has 0 bridgehead atoms. The quantitative estimate of drug-likeness (QED) is 0.533. The van der Waals surface area contributed by atoms with Crippen LogP contribution in [-0.4, -0.2) is 64.9 Å². The van der Waals surface area contributed by atoms with Gasteiger partial charge in [0, 0.05) is 13.2 Å². The van der Waals surface area contributed by atoms with E-state index in [1.807, 2.05) is 0 Å².